The molecule has 0 bridgehead atoms. The third kappa shape index (κ3) is 7.36. The van der Waals surface area contributed by atoms with Gasteiger partial charge < -0.3 is 20.5 Å². The van der Waals surface area contributed by atoms with Gasteiger partial charge in [-0.1, -0.05) is 41.4 Å². The van der Waals surface area contributed by atoms with Gasteiger partial charge in [0, 0.05) is 26.1 Å². The van der Waals surface area contributed by atoms with E-state index in [-0.39, 0.29) is 12.5 Å². The largest absolute Gasteiger partial charge is 0.488 e. The fourth-order valence-corrected chi connectivity index (χ4v) is 4.28. The van der Waals surface area contributed by atoms with Gasteiger partial charge in [-0.2, -0.15) is 0 Å². The summed E-state index contributed by atoms with van der Waals surface area (Å²) >= 11 is 12.3. The molecule has 0 saturated carbocycles. The van der Waals surface area contributed by atoms with Crippen LogP contribution < -0.4 is 15.4 Å². The second-order valence-electron chi connectivity index (χ2n) is 8.60. The molecule has 6 nitrogen and oxygen atoms in total. The van der Waals surface area contributed by atoms with Crippen LogP contribution in [0.5, 0.6) is 5.75 Å². The van der Waals surface area contributed by atoms with Crippen molar-refractivity contribution >= 4 is 34.8 Å². The third-order valence-corrected chi connectivity index (χ3v) is 6.21. The zero-order chi connectivity index (χ0) is 23.1. The van der Waals surface area contributed by atoms with E-state index >= 15 is 0 Å². The highest BCUT2D eigenvalue weighted by Gasteiger charge is 2.30. The minimum atomic E-state index is -1.11. The van der Waals surface area contributed by atoms with E-state index in [1.807, 2.05) is 24.3 Å². The van der Waals surface area contributed by atoms with Gasteiger partial charge in [-0.15, -0.1) is 0 Å². The predicted octanol–water partition coefficient (Wildman–Crippen LogP) is 4.34. The number of rotatable bonds is 9. The molecule has 1 heterocycles. The van der Waals surface area contributed by atoms with Crippen LogP contribution >= 0.6 is 23.2 Å². The Morgan fingerprint density at radius 3 is 2.62 bits per heavy atom. The fourth-order valence-electron chi connectivity index (χ4n) is 3.96. The Morgan fingerprint density at radius 2 is 1.94 bits per heavy atom. The summed E-state index contributed by atoms with van der Waals surface area (Å²) in [7, 11) is 0. The molecular formula is C24H31Cl2N3O3. The molecule has 174 valence electrons. The molecule has 3 N–H and O–H groups in total. The number of hydrogen-bond acceptors (Lipinski definition) is 5. The van der Waals surface area contributed by atoms with Crippen molar-refractivity contribution in [3.8, 4) is 5.75 Å². The number of nitrogens with one attached hydrogen (secondary N) is 2. The molecule has 0 spiro atoms. The summed E-state index contributed by atoms with van der Waals surface area (Å²) in [6.45, 7) is 6.30. The first kappa shape index (κ1) is 24.8. The number of halogens is 2. The number of benzene rings is 2. The van der Waals surface area contributed by atoms with E-state index in [9.17, 15) is 9.90 Å². The van der Waals surface area contributed by atoms with Crippen molar-refractivity contribution in [3.63, 3.8) is 0 Å². The summed E-state index contributed by atoms with van der Waals surface area (Å²) in [6.07, 6.45) is 2.01. The van der Waals surface area contributed by atoms with Crippen molar-refractivity contribution in [3.05, 3.63) is 58.1 Å². The number of nitrogens with zero attached hydrogens (tertiary/aromatic N) is 1. The van der Waals surface area contributed by atoms with E-state index in [0.717, 1.165) is 31.5 Å². The zero-order valence-electron chi connectivity index (χ0n) is 18.5. The average Bonchev–Trinajstić information content (AvgIpc) is 2.75. The van der Waals surface area contributed by atoms with Crippen LogP contribution in [0.3, 0.4) is 0 Å². The third-order valence-electron chi connectivity index (χ3n) is 5.47. The number of hydrogen-bond donors (Lipinski definition) is 3. The summed E-state index contributed by atoms with van der Waals surface area (Å²) in [4.78, 5) is 13.8. The van der Waals surface area contributed by atoms with Crippen LogP contribution in [0, 0.1) is 0 Å². The lowest BCUT2D eigenvalue weighted by atomic mass is 10.00. The lowest BCUT2D eigenvalue weighted by molar-refractivity contribution is -0.114. The monoisotopic (exact) mass is 479 g/mol. The maximum Gasteiger partial charge on any atom is 0.221 e. The Bertz CT molecular complexity index is 917. The van der Waals surface area contributed by atoms with Crippen molar-refractivity contribution in [2.75, 3.05) is 31.6 Å². The molecule has 8 heteroatoms. The molecule has 1 unspecified atom stereocenters. The second kappa shape index (κ2) is 11.3. The van der Waals surface area contributed by atoms with Gasteiger partial charge in [0.1, 0.15) is 18.0 Å². The van der Waals surface area contributed by atoms with E-state index in [1.54, 1.807) is 25.1 Å². The SMILES string of the molecule is CC(=O)Nc1ccccc1OCC(C)(O)CN(Cc1ccc(Cl)c(Cl)c1)C1CCNCC1. The van der Waals surface area contributed by atoms with Gasteiger partial charge in [0.2, 0.25) is 5.91 Å². The highest BCUT2D eigenvalue weighted by Crippen LogP contribution is 2.27. The van der Waals surface area contributed by atoms with Crippen molar-refractivity contribution in [1.82, 2.24) is 10.2 Å². The normalized spacial score (nSPS) is 16.6. The van der Waals surface area contributed by atoms with Crippen LogP contribution in [0.2, 0.25) is 10.0 Å². The number of carbonyl (C=O) groups excluding carboxylic acids is 1. The number of piperidine rings is 1. The molecule has 3 rings (SSSR count). The van der Waals surface area contributed by atoms with Gasteiger partial charge in [0.05, 0.1) is 15.7 Å². The quantitative estimate of drug-likeness (QED) is 0.498. The van der Waals surface area contributed by atoms with Crippen LogP contribution in [0.1, 0.15) is 32.3 Å². The van der Waals surface area contributed by atoms with Crippen LogP contribution in [-0.4, -0.2) is 53.8 Å². The fraction of sp³-hybridized carbons (Fsp3) is 0.458. The molecule has 0 aromatic heterocycles. The molecule has 2 aromatic rings. The number of aliphatic hydroxyl groups is 1. The molecule has 0 aliphatic carbocycles. The minimum Gasteiger partial charge on any atom is -0.488 e. The molecule has 1 aliphatic heterocycles. The smallest absolute Gasteiger partial charge is 0.221 e. The summed E-state index contributed by atoms with van der Waals surface area (Å²) in [5.74, 6) is 0.354. The molecule has 1 aliphatic rings. The Morgan fingerprint density at radius 1 is 1.22 bits per heavy atom. The number of amides is 1. The number of carbonyl (C=O) groups is 1. The van der Waals surface area contributed by atoms with Crippen LogP contribution in [0.4, 0.5) is 5.69 Å². The van der Waals surface area contributed by atoms with Crippen molar-refractivity contribution in [2.45, 2.75) is 44.9 Å². The highest BCUT2D eigenvalue weighted by atomic mass is 35.5. The standard InChI is InChI=1S/C24H31Cl2N3O3/c1-17(30)28-22-5-3-4-6-23(22)32-16-24(2,31)15-29(19-9-11-27-12-10-19)14-18-7-8-20(25)21(26)13-18/h3-8,13,19,27,31H,9-12,14-16H2,1-2H3,(H,28,30). The Balaban J connectivity index is 1.71. The molecule has 2 aromatic carbocycles. The molecule has 1 amide bonds. The molecule has 0 radical (unpaired) electrons. The maximum atomic E-state index is 11.5. The van der Waals surface area contributed by atoms with E-state index in [4.69, 9.17) is 27.9 Å². The van der Waals surface area contributed by atoms with E-state index in [2.05, 4.69) is 15.5 Å². The Hall–Kier alpha value is -1.83. The summed E-state index contributed by atoms with van der Waals surface area (Å²) in [6, 6.07) is 13.2. The predicted molar refractivity (Wildman–Crippen MR) is 130 cm³/mol. The topological polar surface area (TPSA) is 73.8 Å². The van der Waals surface area contributed by atoms with Crippen LogP contribution in [-0.2, 0) is 11.3 Å². The summed E-state index contributed by atoms with van der Waals surface area (Å²) in [5, 5.41) is 18.4. The van der Waals surface area contributed by atoms with Crippen molar-refractivity contribution in [2.24, 2.45) is 0 Å². The summed E-state index contributed by atoms with van der Waals surface area (Å²) in [5.41, 5.74) is 0.525. The van der Waals surface area contributed by atoms with E-state index in [0.29, 0.717) is 40.6 Å². The average molecular weight is 480 g/mol. The summed E-state index contributed by atoms with van der Waals surface area (Å²) < 4.78 is 5.93. The van der Waals surface area contributed by atoms with Crippen molar-refractivity contribution in [1.29, 1.82) is 0 Å². The van der Waals surface area contributed by atoms with Gasteiger partial charge in [-0.3, -0.25) is 9.69 Å². The number of ether oxygens (including phenoxy) is 1. The van der Waals surface area contributed by atoms with Gasteiger partial charge in [-0.05, 0) is 62.7 Å². The van der Waals surface area contributed by atoms with Gasteiger partial charge in [0.25, 0.3) is 0 Å². The first-order valence-corrected chi connectivity index (χ1v) is 11.6. The van der Waals surface area contributed by atoms with E-state index < -0.39 is 5.60 Å². The molecule has 1 atom stereocenters. The van der Waals surface area contributed by atoms with Gasteiger partial charge in [0.15, 0.2) is 0 Å². The van der Waals surface area contributed by atoms with Crippen molar-refractivity contribution < 1.29 is 14.6 Å². The molecule has 1 saturated heterocycles. The highest BCUT2D eigenvalue weighted by molar-refractivity contribution is 6.42. The first-order valence-electron chi connectivity index (χ1n) is 10.8. The lowest BCUT2D eigenvalue weighted by Gasteiger charge is -2.39. The van der Waals surface area contributed by atoms with Gasteiger partial charge in [-0.25, -0.2) is 0 Å². The number of para-hydroxylation sites is 2. The maximum absolute atomic E-state index is 11.5. The number of anilines is 1. The van der Waals surface area contributed by atoms with Crippen LogP contribution in [0.15, 0.2) is 42.5 Å². The molecular weight excluding hydrogens is 449 g/mol. The van der Waals surface area contributed by atoms with Gasteiger partial charge >= 0.3 is 0 Å². The lowest BCUT2D eigenvalue weighted by Crippen LogP contribution is -2.51. The zero-order valence-corrected chi connectivity index (χ0v) is 20.0. The first-order chi connectivity index (χ1) is 15.2. The molecule has 32 heavy (non-hydrogen) atoms. The Kier molecular flexibility index (Phi) is 8.79. The van der Waals surface area contributed by atoms with E-state index in [1.165, 1.54) is 6.92 Å². The second-order valence-corrected chi connectivity index (χ2v) is 9.41. The Labute approximate surface area is 199 Å². The van der Waals surface area contributed by atoms with Crippen LogP contribution in [0.25, 0.3) is 0 Å². The minimum absolute atomic E-state index is 0.0897. The molecule has 1 fully saturated rings.